The van der Waals surface area contributed by atoms with Crippen LogP contribution in [-0.4, -0.2) is 10.5 Å². The summed E-state index contributed by atoms with van der Waals surface area (Å²) in [5.74, 6) is 0. The van der Waals surface area contributed by atoms with Gasteiger partial charge in [-0.25, -0.2) is 0 Å². The minimum absolute atomic E-state index is 0. The third kappa shape index (κ3) is 3.60. The Labute approximate surface area is 166 Å². The second-order valence-corrected chi connectivity index (χ2v) is 6.72. The lowest BCUT2D eigenvalue weighted by atomic mass is 9.70. The molecular weight excluding hydrogens is 356 g/mol. The monoisotopic (exact) mass is 378 g/mol. The molecule has 0 saturated heterocycles. The summed E-state index contributed by atoms with van der Waals surface area (Å²) in [6.45, 7) is 0. The number of unbranched alkanes of at least 4 members (excludes halogenated alkanes) is 1. The number of aromatic nitrogens is 1. The van der Waals surface area contributed by atoms with Gasteiger partial charge in [-0.3, -0.25) is 4.98 Å². The van der Waals surface area contributed by atoms with E-state index >= 15 is 0 Å². The molecule has 0 fully saturated rings. The SMILES string of the molecule is Cl.N#CCCCC1(Cc2ccncc2)c2ccccc2-c2ccccc21.O. The first-order chi connectivity index (χ1) is 12.3. The van der Waals surface area contributed by atoms with Gasteiger partial charge in [0, 0.05) is 24.2 Å². The molecule has 4 heteroatoms. The van der Waals surface area contributed by atoms with E-state index < -0.39 is 0 Å². The van der Waals surface area contributed by atoms with Crippen LogP contribution < -0.4 is 0 Å². The van der Waals surface area contributed by atoms with Gasteiger partial charge in [-0.1, -0.05) is 48.5 Å². The number of hydrogen-bond donors (Lipinski definition) is 0. The van der Waals surface area contributed by atoms with E-state index in [4.69, 9.17) is 5.26 Å². The van der Waals surface area contributed by atoms with Crippen LogP contribution in [0.2, 0.25) is 0 Å². The van der Waals surface area contributed by atoms with Gasteiger partial charge in [0.1, 0.15) is 0 Å². The zero-order chi connectivity index (χ0) is 17.1. The van der Waals surface area contributed by atoms with Gasteiger partial charge in [0.15, 0.2) is 0 Å². The Morgan fingerprint density at radius 1 is 0.852 bits per heavy atom. The summed E-state index contributed by atoms with van der Waals surface area (Å²) in [7, 11) is 0. The minimum Gasteiger partial charge on any atom is -0.412 e. The van der Waals surface area contributed by atoms with Crippen LogP contribution in [-0.2, 0) is 11.8 Å². The van der Waals surface area contributed by atoms with Crippen LogP contribution in [0.5, 0.6) is 0 Å². The number of nitriles is 1. The van der Waals surface area contributed by atoms with Crippen molar-refractivity contribution in [3.05, 3.63) is 89.7 Å². The zero-order valence-corrected chi connectivity index (χ0v) is 15.9. The third-order valence-corrected chi connectivity index (χ3v) is 5.32. The van der Waals surface area contributed by atoms with Crippen molar-refractivity contribution in [2.75, 3.05) is 0 Å². The Bertz CT molecular complexity index is 889. The summed E-state index contributed by atoms with van der Waals surface area (Å²) in [6, 6.07) is 24.0. The average molecular weight is 379 g/mol. The Morgan fingerprint density at radius 3 is 1.96 bits per heavy atom. The molecule has 0 amide bonds. The maximum absolute atomic E-state index is 9.05. The predicted molar refractivity (Wildman–Crippen MR) is 111 cm³/mol. The highest BCUT2D eigenvalue weighted by Crippen LogP contribution is 2.52. The molecule has 138 valence electrons. The first kappa shape index (κ1) is 20.6. The van der Waals surface area contributed by atoms with E-state index in [1.54, 1.807) is 0 Å². The third-order valence-electron chi connectivity index (χ3n) is 5.32. The second kappa shape index (κ2) is 8.81. The molecule has 0 aliphatic heterocycles. The van der Waals surface area contributed by atoms with Gasteiger partial charge in [0.05, 0.1) is 6.07 Å². The van der Waals surface area contributed by atoms with Crippen molar-refractivity contribution < 1.29 is 5.48 Å². The second-order valence-electron chi connectivity index (χ2n) is 6.72. The number of pyridine rings is 1. The summed E-state index contributed by atoms with van der Waals surface area (Å²) in [4.78, 5) is 4.16. The topological polar surface area (TPSA) is 68.2 Å². The first-order valence-corrected chi connectivity index (χ1v) is 8.80. The van der Waals surface area contributed by atoms with Crippen molar-refractivity contribution in [1.82, 2.24) is 4.98 Å². The van der Waals surface area contributed by atoms with Gasteiger partial charge in [-0.2, -0.15) is 5.26 Å². The first-order valence-electron chi connectivity index (χ1n) is 8.80. The number of fused-ring (bicyclic) bond motifs is 3. The van der Waals surface area contributed by atoms with Crippen LogP contribution in [0.4, 0.5) is 0 Å². The lowest BCUT2D eigenvalue weighted by Gasteiger charge is -2.32. The summed E-state index contributed by atoms with van der Waals surface area (Å²) in [6.07, 6.45) is 7.16. The fraction of sp³-hybridized carbons (Fsp3) is 0.217. The minimum atomic E-state index is -0.0641. The molecule has 2 N–H and O–H groups in total. The van der Waals surface area contributed by atoms with Crippen molar-refractivity contribution in [2.45, 2.75) is 31.1 Å². The highest BCUT2D eigenvalue weighted by molar-refractivity contribution is 5.85. The molecule has 1 aromatic heterocycles. The van der Waals surface area contributed by atoms with Gasteiger partial charge in [0.25, 0.3) is 0 Å². The molecule has 0 bridgehead atoms. The Kier molecular flexibility index (Phi) is 6.74. The zero-order valence-electron chi connectivity index (χ0n) is 15.1. The van der Waals surface area contributed by atoms with Crippen molar-refractivity contribution in [1.29, 1.82) is 5.26 Å². The molecule has 3 nitrogen and oxygen atoms in total. The number of rotatable bonds is 5. The van der Waals surface area contributed by atoms with Crippen molar-refractivity contribution in [3.8, 4) is 17.2 Å². The molecule has 0 unspecified atom stereocenters. The molecule has 1 aliphatic carbocycles. The average Bonchev–Trinajstić information content (AvgIpc) is 2.94. The molecule has 2 aromatic carbocycles. The van der Waals surface area contributed by atoms with Gasteiger partial charge in [0.2, 0.25) is 0 Å². The number of benzene rings is 2. The lowest BCUT2D eigenvalue weighted by Crippen LogP contribution is -2.28. The molecule has 0 spiro atoms. The van der Waals surface area contributed by atoms with E-state index in [0.717, 1.165) is 19.3 Å². The van der Waals surface area contributed by atoms with Crippen LogP contribution in [0.15, 0.2) is 73.1 Å². The molecule has 4 rings (SSSR count). The normalized spacial score (nSPS) is 12.7. The molecule has 0 radical (unpaired) electrons. The number of hydrogen-bond acceptors (Lipinski definition) is 2. The summed E-state index contributed by atoms with van der Waals surface area (Å²) in [5.41, 5.74) is 6.69. The molecule has 0 saturated carbocycles. The van der Waals surface area contributed by atoms with E-state index in [-0.39, 0.29) is 23.3 Å². The van der Waals surface area contributed by atoms with Crippen LogP contribution >= 0.6 is 12.4 Å². The smallest absolute Gasteiger partial charge is 0.0621 e. The molecule has 0 atom stereocenters. The summed E-state index contributed by atoms with van der Waals surface area (Å²) < 4.78 is 0. The van der Waals surface area contributed by atoms with Crippen molar-refractivity contribution in [3.63, 3.8) is 0 Å². The lowest BCUT2D eigenvalue weighted by molar-refractivity contribution is 0.465. The van der Waals surface area contributed by atoms with Crippen LogP contribution in [0.1, 0.15) is 36.0 Å². The van der Waals surface area contributed by atoms with Crippen LogP contribution in [0.3, 0.4) is 0 Å². The largest absolute Gasteiger partial charge is 0.412 e. The van der Waals surface area contributed by atoms with Gasteiger partial charge < -0.3 is 5.48 Å². The van der Waals surface area contributed by atoms with Gasteiger partial charge in [-0.15, -0.1) is 12.4 Å². The molecule has 27 heavy (non-hydrogen) atoms. The summed E-state index contributed by atoms with van der Waals surface area (Å²) in [5, 5.41) is 9.05. The van der Waals surface area contributed by atoms with E-state index in [9.17, 15) is 0 Å². The molecule has 1 heterocycles. The maximum atomic E-state index is 9.05. The fourth-order valence-electron chi connectivity index (χ4n) is 4.28. The fourth-order valence-corrected chi connectivity index (χ4v) is 4.28. The van der Waals surface area contributed by atoms with Gasteiger partial charge in [-0.05, 0) is 59.2 Å². The van der Waals surface area contributed by atoms with E-state index in [1.165, 1.54) is 27.8 Å². The van der Waals surface area contributed by atoms with Crippen molar-refractivity contribution in [2.24, 2.45) is 0 Å². The Balaban J connectivity index is 0.00000131. The molecule has 1 aliphatic rings. The van der Waals surface area contributed by atoms with E-state index in [0.29, 0.717) is 6.42 Å². The van der Waals surface area contributed by atoms with E-state index in [2.05, 4.69) is 71.7 Å². The quantitative estimate of drug-likeness (QED) is 0.593. The van der Waals surface area contributed by atoms with E-state index in [1.807, 2.05) is 12.4 Å². The molecule has 3 aromatic rings. The highest BCUT2D eigenvalue weighted by atomic mass is 35.5. The van der Waals surface area contributed by atoms with Crippen molar-refractivity contribution >= 4 is 12.4 Å². The standard InChI is InChI=1S/C23H20N2.ClH.H2O/c24-14-6-5-13-23(17-18-11-15-25-16-12-18)21-9-3-1-7-19(21)20-8-2-4-10-22(20)23;;/h1-4,7-12,15-16H,5-6,13,17H2;1H;1H2. The number of nitrogens with zero attached hydrogens (tertiary/aromatic N) is 2. The summed E-state index contributed by atoms with van der Waals surface area (Å²) >= 11 is 0. The molecular formula is C23H23ClN2O. The Hall–Kier alpha value is -2.67. The van der Waals surface area contributed by atoms with Crippen LogP contribution in [0, 0.1) is 11.3 Å². The highest BCUT2D eigenvalue weighted by Gasteiger charge is 2.42. The van der Waals surface area contributed by atoms with Crippen LogP contribution in [0.25, 0.3) is 11.1 Å². The number of halogens is 1. The predicted octanol–water partition coefficient (Wildman–Crippen LogP) is 4.88. The maximum Gasteiger partial charge on any atom is 0.0621 e. The Morgan fingerprint density at radius 2 is 1.41 bits per heavy atom. The van der Waals surface area contributed by atoms with Gasteiger partial charge >= 0.3 is 0 Å².